The highest BCUT2D eigenvalue weighted by molar-refractivity contribution is 5.95. The first kappa shape index (κ1) is 69.0. The summed E-state index contributed by atoms with van der Waals surface area (Å²) in [6, 6.07) is 53.4. The second-order valence-electron chi connectivity index (χ2n) is 28.6. The normalized spacial score (nSPS) is 20.4. The molecule has 1 N–H and O–H groups in total. The number of carbonyl (C=O) groups is 3. The Bertz CT molecular complexity index is 4340. The number of nitriles is 2. The predicted octanol–water partition coefficient (Wildman–Crippen LogP) is 12.6. The van der Waals surface area contributed by atoms with E-state index in [9.17, 15) is 24.9 Å². The number of nitrogens with one attached hydrogen (secondary N) is 1. The van der Waals surface area contributed by atoms with E-state index in [1.807, 2.05) is 88.4 Å². The number of ether oxygens (including phenoxy) is 5. The number of fused-ring (bicyclic) bond motifs is 4. The average Bonchev–Trinajstić information content (AvgIpc) is 1.31. The van der Waals surface area contributed by atoms with Crippen LogP contribution in [0.15, 0.2) is 146 Å². The highest BCUT2D eigenvalue weighted by Crippen LogP contribution is 2.39. The Morgan fingerprint density at radius 1 is 0.535 bits per heavy atom. The summed E-state index contributed by atoms with van der Waals surface area (Å²) in [6.07, 6.45) is 4.41. The molecule has 6 aromatic carbocycles. The number of nitrogens with zero attached hydrogens (tertiary/aromatic N) is 13. The van der Waals surface area contributed by atoms with Gasteiger partial charge in [-0.15, -0.1) is 0 Å². The van der Waals surface area contributed by atoms with E-state index < -0.39 is 29.4 Å². The molecule has 8 heterocycles. The van der Waals surface area contributed by atoms with E-state index in [1.54, 1.807) is 14.7 Å². The van der Waals surface area contributed by atoms with E-state index in [1.165, 1.54) is 27.2 Å². The largest absolute Gasteiger partial charge is 0.461 e. The van der Waals surface area contributed by atoms with E-state index in [4.69, 9.17) is 43.6 Å². The highest BCUT2D eigenvalue weighted by Gasteiger charge is 2.44. The zero-order chi connectivity index (χ0) is 70.1. The summed E-state index contributed by atoms with van der Waals surface area (Å²) in [5.74, 6) is 1.60. The zero-order valence-electron chi connectivity index (χ0n) is 58.6. The lowest BCUT2D eigenvalue weighted by Crippen LogP contribution is -2.56. The van der Waals surface area contributed by atoms with E-state index >= 15 is 0 Å². The Balaban J connectivity index is 0.000000182. The topological polar surface area (TPSA) is 231 Å². The molecule has 6 aliphatic rings. The summed E-state index contributed by atoms with van der Waals surface area (Å²) in [5.41, 5.74) is 6.81. The molecule has 0 saturated carbocycles. The number of carbonyl (C=O) groups excluding carboxylic acids is 3. The number of amides is 3. The molecule has 0 bridgehead atoms. The van der Waals surface area contributed by atoms with Crippen LogP contribution in [0.2, 0.25) is 0 Å². The van der Waals surface area contributed by atoms with Gasteiger partial charge < -0.3 is 58.4 Å². The fourth-order valence-corrected chi connectivity index (χ4v) is 14.9. The van der Waals surface area contributed by atoms with Crippen LogP contribution in [0.25, 0.3) is 21.5 Å². The summed E-state index contributed by atoms with van der Waals surface area (Å²) in [7, 11) is 0. The fraction of sp³-hybridized carbons (Fsp3) is 0.430. The van der Waals surface area contributed by atoms with Crippen molar-refractivity contribution in [3.63, 3.8) is 0 Å². The number of likely N-dealkylation sites (tertiary alicyclic amines) is 1. The number of benzene rings is 6. The van der Waals surface area contributed by atoms with Crippen molar-refractivity contribution in [3.05, 3.63) is 179 Å². The van der Waals surface area contributed by atoms with Gasteiger partial charge in [0.1, 0.15) is 43.7 Å². The molecule has 0 radical (unpaired) electrons. The van der Waals surface area contributed by atoms with Crippen LogP contribution in [-0.4, -0.2) is 160 Å². The van der Waals surface area contributed by atoms with Gasteiger partial charge in [-0.3, -0.25) is 4.90 Å². The second kappa shape index (κ2) is 30.6. The summed E-state index contributed by atoms with van der Waals surface area (Å²) in [5, 5.41) is 27.9. The van der Waals surface area contributed by atoms with Crippen LogP contribution >= 0.6 is 0 Å². The molecule has 2 unspecified atom stereocenters. The highest BCUT2D eigenvalue weighted by atomic mass is 16.6. The van der Waals surface area contributed by atoms with Gasteiger partial charge in [0.2, 0.25) is 0 Å². The Kier molecular flexibility index (Phi) is 20.9. The smallest absolute Gasteiger partial charge is 0.410 e. The van der Waals surface area contributed by atoms with Crippen molar-refractivity contribution in [2.24, 2.45) is 0 Å². The Morgan fingerprint density at radius 2 is 1.01 bits per heavy atom. The molecule has 22 heteroatoms. The molecule has 4 saturated heterocycles. The second-order valence-corrected chi connectivity index (χ2v) is 28.6. The molecule has 0 spiro atoms. The van der Waals surface area contributed by atoms with Crippen molar-refractivity contribution in [2.75, 3.05) is 98.3 Å². The monoisotopic (exact) mass is 1360 g/mol. The first-order chi connectivity index (χ1) is 49.0. The molecule has 101 heavy (non-hydrogen) atoms. The third-order valence-electron chi connectivity index (χ3n) is 20.2. The lowest BCUT2D eigenvalue weighted by atomic mass is 10.0. The van der Waals surface area contributed by atoms with Crippen molar-refractivity contribution >= 4 is 62.8 Å². The molecule has 524 valence electrons. The maximum Gasteiger partial charge on any atom is 0.410 e. The van der Waals surface area contributed by atoms with Gasteiger partial charge in [-0.25, -0.2) is 14.4 Å². The number of piperazine rings is 2. The Morgan fingerprint density at radius 3 is 1.49 bits per heavy atom. The van der Waals surface area contributed by atoms with Gasteiger partial charge in [-0.1, -0.05) is 133 Å². The minimum Gasteiger partial charge on any atom is -0.461 e. The van der Waals surface area contributed by atoms with Gasteiger partial charge in [0.15, 0.2) is 0 Å². The molecule has 2 aromatic heterocycles. The van der Waals surface area contributed by atoms with Crippen molar-refractivity contribution in [1.82, 2.24) is 40.0 Å². The summed E-state index contributed by atoms with van der Waals surface area (Å²) < 4.78 is 29.9. The SMILES string of the molecule is CC(C)(C)OC(=O)N1CCC[C@@]1(C)COc1nc2c(c(N3CCN(C(=O)OCc4ccccc4)C(CC#N)C3)n1)CCN(c1cccc3ccccc13)C2.C[C@@]1(COc2nc3c(c(N4CCN(C(=O)OCc5ccccc5)C(CC#N)C4)n2)CCN(c2cccc4ccccc24)C3)CCCN1. The lowest BCUT2D eigenvalue weighted by molar-refractivity contribution is 0.00161. The van der Waals surface area contributed by atoms with Crippen molar-refractivity contribution < 1.29 is 38.1 Å². The van der Waals surface area contributed by atoms with Gasteiger partial charge >= 0.3 is 30.3 Å². The summed E-state index contributed by atoms with van der Waals surface area (Å²) in [6.45, 7) is 18.0. The standard InChI is InChI=1S/C42H49N7O5.C37H41N7O3/c1-41(2,3)54-40(51)49-22-11-20-42(49,4)29-53-38-44-35-27-46(36-17-10-15-31-14-8-9-16-33(31)36)23-19-34(35)37(45-38)47-24-25-48(32(26-47)18-21-43)39(50)52-28-30-12-6-5-7-13-30;1-37(17-8-19-39-37)26-47-35-40-32-24-42(33-14-7-12-28-11-5-6-13-30(28)33)20-16-31(32)34(41-35)43-21-22-44(29(23-43)15-18-38)36(45)46-25-27-9-3-2-4-10-27/h5-10,12-17,32H,11,18-20,22-29H2,1-4H3;2-7,9-14,29,39H,8,15-17,19-26H2,1H3/t32?,42-;29?,37-/m00/s1. The lowest BCUT2D eigenvalue weighted by Gasteiger charge is -2.42. The van der Waals surface area contributed by atoms with Crippen LogP contribution in [0.1, 0.15) is 107 Å². The molecule has 8 aromatic rings. The van der Waals surface area contributed by atoms with Gasteiger partial charge in [-0.05, 0) is 114 Å². The first-order valence-electron chi connectivity index (χ1n) is 35.5. The molecule has 6 aliphatic heterocycles. The van der Waals surface area contributed by atoms with Crippen LogP contribution in [0.4, 0.5) is 37.4 Å². The van der Waals surface area contributed by atoms with Crippen molar-refractivity contribution in [1.29, 1.82) is 10.5 Å². The molecule has 0 aliphatic carbocycles. The van der Waals surface area contributed by atoms with Crippen molar-refractivity contribution in [3.8, 4) is 24.2 Å². The molecular weight excluding hydrogens is 1270 g/mol. The van der Waals surface area contributed by atoms with E-state index in [-0.39, 0.29) is 56.3 Å². The molecule has 4 fully saturated rings. The quantitative estimate of drug-likeness (QED) is 0.0886. The third-order valence-corrected chi connectivity index (χ3v) is 20.2. The third kappa shape index (κ3) is 16.1. The molecular formula is C79H90N14O8. The van der Waals surface area contributed by atoms with Crippen LogP contribution in [0.3, 0.4) is 0 Å². The van der Waals surface area contributed by atoms with Crippen LogP contribution in [0, 0.1) is 22.7 Å². The van der Waals surface area contributed by atoms with Crippen LogP contribution in [-0.2, 0) is 53.4 Å². The van der Waals surface area contributed by atoms with Gasteiger partial charge in [-0.2, -0.15) is 30.5 Å². The predicted molar refractivity (Wildman–Crippen MR) is 388 cm³/mol. The van der Waals surface area contributed by atoms with E-state index in [0.29, 0.717) is 77.9 Å². The summed E-state index contributed by atoms with van der Waals surface area (Å²) >= 11 is 0. The van der Waals surface area contributed by atoms with E-state index in [0.717, 1.165) is 103 Å². The van der Waals surface area contributed by atoms with Gasteiger partial charge in [0.05, 0.1) is 67.1 Å². The molecule has 4 atom stereocenters. The molecule has 3 amide bonds. The minimum absolute atomic E-state index is 0.113. The first-order valence-corrected chi connectivity index (χ1v) is 35.5. The Labute approximate surface area is 591 Å². The van der Waals surface area contributed by atoms with Crippen LogP contribution in [0.5, 0.6) is 12.0 Å². The van der Waals surface area contributed by atoms with E-state index in [2.05, 4.69) is 129 Å². The number of hydrogen-bond donors (Lipinski definition) is 1. The zero-order valence-corrected chi connectivity index (χ0v) is 58.6. The van der Waals surface area contributed by atoms with Gasteiger partial charge in [0.25, 0.3) is 0 Å². The number of anilines is 4. The van der Waals surface area contributed by atoms with Crippen LogP contribution < -0.4 is 34.4 Å². The number of hydrogen-bond acceptors (Lipinski definition) is 19. The Hall–Kier alpha value is -10.5. The maximum absolute atomic E-state index is 13.3. The minimum atomic E-state index is -0.611. The average molecular weight is 1360 g/mol. The van der Waals surface area contributed by atoms with Crippen molar-refractivity contribution in [2.45, 2.75) is 141 Å². The number of aromatic nitrogens is 4. The number of rotatable bonds is 16. The summed E-state index contributed by atoms with van der Waals surface area (Å²) in [4.78, 5) is 74.1. The molecule has 22 nitrogen and oxygen atoms in total. The fourth-order valence-electron chi connectivity index (χ4n) is 14.9. The van der Waals surface area contributed by atoms with Gasteiger partial charge in [0, 0.05) is 97.7 Å². The maximum atomic E-state index is 13.3. The molecule has 14 rings (SSSR count).